The van der Waals surface area contributed by atoms with Crippen molar-refractivity contribution in [2.75, 3.05) is 11.9 Å². The average Bonchev–Trinajstić information content (AvgIpc) is 2.61. The zero-order valence-electron chi connectivity index (χ0n) is 14.5. The topological polar surface area (TPSA) is 55.4 Å². The largest absolute Gasteiger partial charge is 0.463 e. The maximum absolute atomic E-state index is 12.7. The summed E-state index contributed by atoms with van der Waals surface area (Å²) >= 11 is 0. The fourth-order valence-corrected chi connectivity index (χ4v) is 2.28. The average molecular weight is 377 g/mol. The highest BCUT2D eigenvalue weighted by Crippen LogP contribution is 2.29. The predicted molar refractivity (Wildman–Crippen MR) is 95.9 cm³/mol. The second-order valence-corrected chi connectivity index (χ2v) is 5.63. The van der Waals surface area contributed by atoms with E-state index in [-0.39, 0.29) is 12.0 Å². The number of benzene rings is 2. The molecular formula is C20H18F3NO3. The van der Waals surface area contributed by atoms with Gasteiger partial charge in [-0.2, -0.15) is 13.2 Å². The molecule has 1 N–H and O–H groups in total. The highest BCUT2D eigenvalue weighted by molar-refractivity contribution is 5.92. The standard InChI is InChI=1S/C20H18F3NO3/c1-2-27-19(26)11-8-14-6-9-17(10-7-14)24-18(25)13-15-4-3-5-16(12-15)20(21,22)23/h3-12H,2,13H2,1H3,(H,24,25)/b11-8+. The molecule has 0 radical (unpaired) electrons. The number of ether oxygens (including phenoxy) is 1. The fourth-order valence-electron chi connectivity index (χ4n) is 2.28. The van der Waals surface area contributed by atoms with Gasteiger partial charge < -0.3 is 10.1 Å². The molecule has 0 aliphatic heterocycles. The SMILES string of the molecule is CCOC(=O)/C=C/c1ccc(NC(=O)Cc2cccc(C(F)(F)F)c2)cc1. The molecule has 4 nitrogen and oxygen atoms in total. The van der Waals surface area contributed by atoms with Crippen LogP contribution in [-0.2, 0) is 26.9 Å². The molecule has 2 aromatic rings. The summed E-state index contributed by atoms with van der Waals surface area (Å²) in [6.07, 6.45) is -1.75. The molecule has 1 amide bonds. The summed E-state index contributed by atoms with van der Waals surface area (Å²) in [6, 6.07) is 11.3. The number of esters is 1. The number of hydrogen-bond donors (Lipinski definition) is 1. The third-order valence-electron chi connectivity index (χ3n) is 3.51. The van der Waals surface area contributed by atoms with E-state index in [0.29, 0.717) is 12.3 Å². The first kappa shape index (κ1) is 20.2. The quantitative estimate of drug-likeness (QED) is 0.597. The molecule has 7 heteroatoms. The Balaban J connectivity index is 1.95. The molecule has 2 rings (SSSR count). The Bertz CT molecular complexity index is 827. The number of amides is 1. The normalized spacial score (nSPS) is 11.4. The van der Waals surface area contributed by atoms with Gasteiger partial charge in [-0.25, -0.2) is 4.79 Å². The minimum absolute atomic E-state index is 0.172. The van der Waals surface area contributed by atoms with Gasteiger partial charge in [-0.3, -0.25) is 4.79 Å². The summed E-state index contributed by atoms with van der Waals surface area (Å²) in [5.41, 5.74) is 0.723. The van der Waals surface area contributed by atoms with Crippen LogP contribution >= 0.6 is 0 Å². The Morgan fingerprint density at radius 3 is 2.44 bits per heavy atom. The number of carbonyl (C=O) groups excluding carboxylic acids is 2. The van der Waals surface area contributed by atoms with Gasteiger partial charge in [0.15, 0.2) is 0 Å². The van der Waals surface area contributed by atoms with E-state index in [4.69, 9.17) is 4.74 Å². The lowest BCUT2D eigenvalue weighted by molar-refractivity contribution is -0.138. The summed E-state index contributed by atoms with van der Waals surface area (Å²) < 4.78 is 42.9. The highest BCUT2D eigenvalue weighted by Gasteiger charge is 2.30. The van der Waals surface area contributed by atoms with E-state index in [0.717, 1.165) is 17.7 Å². The summed E-state index contributed by atoms with van der Waals surface area (Å²) in [7, 11) is 0. The predicted octanol–water partition coefficient (Wildman–Crippen LogP) is 4.46. The smallest absolute Gasteiger partial charge is 0.416 e. The molecule has 0 aliphatic carbocycles. The van der Waals surface area contributed by atoms with E-state index in [9.17, 15) is 22.8 Å². The van der Waals surface area contributed by atoms with Gasteiger partial charge in [-0.05, 0) is 42.3 Å². The first-order valence-corrected chi connectivity index (χ1v) is 8.19. The minimum Gasteiger partial charge on any atom is -0.463 e. The van der Waals surface area contributed by atoms with E-state index in [1.807, 2.05) is 0 Å². The summed E-state index contributed by atoms with van der Waals surface area (Å²) in [5.74, 6) is -0.875. The van der Waals surface area contributed by atoms with Crippen LogP contribution in [0.3, 0.4) is 0 Å². The lowest BCUT2D eigenvalue weighted by atomic mass is 10.1. The maximum Gasteiger partial charge on any atom is 0.416 e. The van der Waals surface area contributed by atoms with Crippen molar-refractivity contribution in [3.63, 3.8) is 0 Å². The molecule has 0 saturated heterocycles. The van der Waals surface area contributed by atoms with Gasteiger partial charge in [0, 0.05) is 11.8 Å². The van der Waals surface area contributed by atoms with E-state index in [1.165, 1.54) is 18.2 Å². The summed E-state index contributed by atoms with van der Waals surface area (Å²) in [6.45, 7) is 2.00. The molecule has 0 spiro atoms. The Hall–Kier alpha value is -3.09. The number of nitrogens with one attached hydrogen (secondary N) is 1. The van der Waals surface area contributed by atoms with Crippen LogP contribution in [0.1, 0.15) is 23.6 Å². The van der Waals surface area contributed by atoms with Gasteiger partial charge in [0.25, 0.3) is 0 Å². The van der Waals surface area contributed by atoms with E-state index >= 15 is 0 Å². The third-order valence-corrected chi connectivity index (χ3v) is 3.51. The Morgan fingerprint density at radius 1 is 1.11 bits per heavy atom. The molecule has 0 atom stereocenters. The van der Waals surface area contributed by atoms with Crippen molar-refractivity contribution in [1.29, 1.82) is 0 Å². The molecule has 0 fully saturated rings. The monoisotopic (exact) mass is 377 g/mol. The molecule has 142 valence electrons. The van der Waals surface area contributed by atoms with E-state index in [1.54, 1.807) is 37.3 Å². The molecule has 0 aliphatic rings. The van der Waals surface area contributed by atoms with Crippen LogP contribution < -0.4 is 5.32 Å². The van der Waals surface area contributed by atoms with Gasteiger partial charge in [0.2, 0.25) is 5.91 Å². The molecule has 0 saturated carbocycles. The molecule has 0 bridgehead atoms. The van der Waals surface area contributed by atoms with Crippen molar-refractivity contribution in [2.24, 2.45) is 0 Å². The second kappa shape index (κ2) is 9.02. The summed E-state index contributed by atoms with van der Waals surface area (Å²) in [5, 5.41) is 2.63. The van der Waals surface area contributed by atoms with Crippen LogP contribution in [0.2, 0.25) is 0 Å². The van der Waals surface area contributed by atoms with Gasteiger partial charge in [-0.15, -0.1) is 0 Å². The van der Waals surface area contributed by atoms with Crippen LogP contribution in [0.15, 0.2) is 54.6 Å². The molecule has 0 unspecified atom stereocenters. The van der Waals surface area contributed by atoms with Gasteiger partial charge in [-0.1, -0.05) is 30.3 Å². The van der Waals surface area contributed by atoms with Crippen molar-refractivity contribution in [3.8, 4) is 0 Å². The number of rotatable bonds is 6. The molecule has 27 heavy (non-hydrogen) atoms. The third kappa shape index (κ3) is 6.62. The first-order valence-electron chi connectivity index (χ1n) is 8.19. The molecule has 0 aromatic heterocycles. The molecular weight excluding hydrogens is 359 g/mol. The van der Waals surface area contributed by atoms with Crippen molar-refractivity contribution < 1.29 is 27.5 Å². The van der Waals surface area contributed by atoms with Crippen molar-refractivity contribution >= 4 is 23.6 Å². The molecule has 2 aromatic carbocycles. The lowest BCUT2D eigenvalue weighted by Crippen LogP contribution is -2.15. The van der Waals surface area contributed by atoms with Crippen LogP contribution in [-0.4, -0.2) is 18.5 Å². The number of anilines is 1. The number of halogens is 3. The minimum atomic E-state index is -4.45. The van der Waals surface area contributed by atoms with E-state index in [2.05, 4.69) is 5.32 Å². The Morgan fingerprint density at radius 2 is 1.81 bits per heavy atom. The van der Waals surface area contributed by atoms with Crippen molar-refractivity contribution in [1.82, 2.24) is 0 Å². The fraction of sp³-hybridized carbons (Fsp3) is 0.200. The zero-order chi connectivity index (χ0) is 19.9. The second-order valence-electron chi connectivity index (χ2n) is 5.63. The van der Waals surface area contributed by atoms with E-state index < -0.39 is 23.6 Å². The van der Waals surface area contributed by atoms with Crippen molar-refractivity contribution in [2.45, 2.75) is 19.5 Å². The highest BCUT2D eigenvalue weighted by atomic mass is 19.4. The van der Waals surface area contributed by atoms with Crippen molar-refractivity contribution in [3.05, 3.63) is 71.3 Å². The number of alkyl halides is 3. The first-order chi connectivity index (χ1) is 12.8. The Labute approximate surface area is 154 Å². The number of hydrogen-bond acceptors (Lipinski definition) is 3. The van der Waals surface area contributed by atoms with Crippen LogP contribution in [0.25, 0.3) is 6.08 Å². The van der Waals surface area contributed by atoms with Crippen LogP contribution in [0.5, 0.6) is 0 Å². The van der Waals surface area contributed by atoms with Gasteiger partial charge in [0.05, 0.1) is 18.6 Å². The van der Waals surface area contributed by atoms with Gasteiger partial charge >= 0.3 is 12.1 Å². The Kier molecular flexibility index (Phi) is 6.76. The maximum atomic E-state index is 12.7. The van der Waals surface area contributed by atoms with Gasteiger partial charge in [0.1, 0.15) is 0 Å². The lowest BCUT2D eigenvalue weighted by Gasteiger charge is -2.09. The van der Waals surface area contributed by atoms with Crippen LogP contribution in [0, 0.1) is 0 Å². The van der Waals surface area contributed by atoms with Crippen LogP contribution in [0.4, 0.5) is 18.9 Å². The summed E-state index contributed by atoms with van der Waals surface area (Å²) in [4.78, 5) is 23.3. The zero-order valence-corrected chi connectivity index (χ0v) is 14.5. The number of carbonyl (C=O) groups is 2. The molecule has 0 heterocycles.